The van der Waals surface area contributed by atoms with E-state index in [2.05, 4.69) is 21.8 Å². The standard InChI is InChI=1S/C13H20ClN3O/c1-2-7-18-13-8-12(15-10-16-13)17-5-3-11(9-14)4-6-17/h8,10-11H,2-7,9H2,1H3. The number of ether oxygens (including phenoxy) is 1. The van der Waals surface area contributed by atoms with Gasteiger partial charge in [-0.1, -0.05) is 6.92 Å². The van der Waals surface area contributed by atoms with E-state index in [0.29, 0.717) is 18.4 Å². The highest BCUT2D eigenvalue weighted by Crippen LogP contribution is 2.23. The molecule has 0 N–H and O–H groups in total. The predicted octanol–water partition coefficient (Wildman–Crippen LogP) is 2.72. The van der Waals surface area contributed by atoms with Gasteiger partial charge in [-0.15, -0.1) is 11.6 Å². The Labute approximate surface area is 113 Å². The molecule has 0 radical (unpaired) electrons. The first kappa shape index (κ1) is 13.4. The van der Waals surface area contributed by atoms with Crippen molar-refractivity contribution in [1.82, 2.24) is 9.97 Å². The van der Waals surface area contributed by atoms with Crippen LogP contribution in [0.2, 0.25) is 0 Å². The molecule has 2 heterocycles. The molecule has 1 saturated heterocycles. The molecule has 4 nitrogen and oxygen atoms in total. The van der Waals surface area contributed by atoms with Crippen molar-refractivity contribution in [3.63, 3.8) is 0 Å². The number of piperidine rings is 1. The Morgan fingerprint density at radius 1 is 1.39 bits per heavy atom. The fourth-order valence-electron chi connectivity index (χ4n) is 2.10. The third-order valence-electron chi connectivity index (χ3n) is 3.24. The average Bonchev–Trinajstić information content (AvgIpc) is 2.45. The first-order valence-corrected chi connectivity index (χ1v) is 7.12. The first-order chi connectivity index (χ1) is 8.83. The summed E-state index contributed by atoms with van der Waals surface area (Å²) in [5, 5.41) is 0. The molecule has 0 amide bonds. The number of halogens is 1. The van der Waals surface area contributed by atoms with Crippen LogP contribution in [-0.2, 0) is 0 Å². The summed E-state index contributed by atoms with van der Waals surface area (Å²) in [5.41, 5.74) is 0. The molecule has 100 valence electrons. The van der Waals surface area contributed by atoms with E-state index in [4.69, 9.17) is 16.3 Å². The molecule has 5 heteroatoms. The van der Waals surface area contributed by atoms with Crippen LogP contribution in [0.5, 0.6) is 5.88 Å². The van der Waals surface area contributed by atoms with Crippen LogP contribution in [-0.4, -0.2) is 35.5 Å². The van der Waals surface area contributed by atoms with Crippen molar-refractivity contribution in [3.05, 3.63) is 12.4 Å². The van der Waals surface area contributed by atoms with E-state index in [0.717, 1.165) is 44.0 Å². The Hall–Kier alpha value is -1.03. The van der Waals surface area contributed by atoms with Crippen molar-refractivity contribution < 1.29 is 4.74 Å². The first-order valence-electron chi connectivity index (χ1n) is 6.59. The molecule has 2 rings (SSSR count). The number of hydrogen-bond acceptors (Lipinski definition) is 4. The quantitative estimate of drug-likeness (QED) is 0.771. The van der Waals surface area contributed by atoms with Crippen molar-refractivity contribution in [2.24, 2.45) is 5.92 Å². The van der Waals surface area contributed by atoms with Crippen LogP contribution in [0.4, 0.5) is 5.82 Å². The highest BCUT2D eigenvalue weighted by Gasteiger charge is 2.19. The highest BCUT2D eigenvalue weighted by atomic mass is 35.5. The van der Waals surface area contributed by atoms with E-state index in [-0.39, 0.29) is 0 Å². The predicted molar refractivity (Wildman–Crippen MR) is 73.5 cm³/mol. The molecule has 0 bridgehead atoms. The maximum Gasteiger partial charge on any atom is 0.218 e. The maximum absolute atomic E-state index is 5.89. The Morgan fingerprint density at radius 2 is 2.17 bits per heavy atom. The molecule has 1 aromatic heterocycles. The largest absolute Gasteiger partial charge is 0.478 e. The Morgan fingerprint density at radius 3 is 2.83 bits per heavy atom. The molecule has 1 aromatic rings. The van der Waals surface area contributed by atoms with E-state index < -0.39 is 0 Å². The van der Waals surface area contributed by atoms with Crippen LogP contribution in [0.15, 0.2) is 12.4 Å². The summed E-state index contributed by atoms with van der Waals surface area (Å²) in [6, 6.07) is 1.93. The van der Waals surface area contributed by atoms with Gasteiger partial charge in [-0.05, 0) is 25.2 Å². The number of aromatic nitrogens is 2. The zero-order valence-corrected chi connectivity index (χ0v) is 11.6. The van der Waals surface area contributed by atoms with Gasteiger partial charge in [0.1, 0.15) is 12.1 Å². The molecular formula is C13H20ClN3O. The summed E-state index contributed by atoms with van der Waals surface area (Å²) in [5.74, 6) is 3.05. The summed E-state index contributed by atoms with van der Waals surface area (Å²) < 4.78 is 5.53. The van der Waals surface area contributed by atoms with Gasteiger partial charge in [0.05, 0.1) is 6.61 Å². The number of alkyl halides is 1. The van der Waals surface area contributed by atoms with Crippen LogP contribution in [0.25, 0.3) is 0 Å². The minimum absolute atomic E-state index is 0.653. The Balaban J connectivity index is 1.96. The highest BCUT2D eigenvalue weighted by molar-refractivity contribution is 6.18. The topological polar surface area (TPSA) is 38.2 Å². The molecule has 18 heavy (non-hydrogen) atoms. The van der Waals surface area contributed by atoms with Crippen LogP contribution in [0, 0.1) is 5.92 Å². The second-order valence-electron chi connectivity index (χ2n) is 4.65. The molecule has 0 aromatic carbocycles. The summed E-state index contributed by atoms with van der Waals surface area (Å²) in [6.45, 7) is 4.81. The van der Waals surface area contributed by atoms with Gasteiger partial charge in [0.15, 0.2) is 0 Å². The zero-order chi connectivity index (χ0) is 12.8. The van der Waals surface area contributed by atoms with Gasteiger partial charge in [-0.2, -0.15) is 0 Å². The normalized spacial score (nSPS) is 16.9. The molecule has 0 saturated carbocycles. The third kappa shape index (κ3) is 3.48. The minimum Gasteiger partial charge on any atom is -0.478 e. The molecule has 1 fully saturated rings. The van der Waals surface area contributed by atoms with Gasteiger partial charge in [-0.25, -0.2) is 9.97 Å². The van der Waals surface area contributed by atoms with E-state index in [1.165, 1.54) is 0 Å². The van der Waals surface area contributed by atoms with Crippen molar-refractivity contribution in [1.29, 1.82) is 0 Å². The van der Waals surface area contributed by atoms with Gasteiger partial charge < -0.3 is 9.64 Å². The Bertz CT molecular complexity index is 367. The minimum atomic E-state index is 0.653. The monoisotopic (exact) mass is 269 g/mol. The smallest absolute Gasteiger partial charge is 0.218 e. The second kappa shape index (κ2) is 6.78. The lowest BCUT2D eigenvalue weighted by atomic mass is 9.99. The van der Waals surface area contributed by atoms with E-state index in [1.54, 1.807) is 6.33 Å². The van der Waals surface area contributed by atoms with Gasteiger partial charge in [0.2, 0.25) is 5.88 Å². The lowest BCUT2D eigenvalue weighted by Gasteiger charge is -2.31. The van der Waals surface area contributed by atoms with Gasteiger partial charge in [0.25, 0.3) is 0 Å². The lowest BCUT2D eigenvalue weighted by Crippen LogP contribution is -2.34. The van der Waals surface area contributed by atoms with E-state index in [9.17, 15) is 0 Å². The molecule has 0 unspecified atom stereocenters. The molecular weight excluding hydrogens is 250 g/mol. The maximum atomic E-state index is 5.89. The van der Waals surface area contributed by atoms with Crippen LogP contribution in [0.1, 0.15) is 26.2 Å². The van der Waals surface area contributed by atoms with Crippen molar-refractivity contribution in [2.75, 3.05) is 30.5 Å². The molecule has 0 spiro atoms. The van der Waals surface area contributed by atoms with Crippen molar-refractivity contribution >= 4 is 17.4 Å². The van der Waals surface area contributed by atoms with Gasteiger partial charge in [-0.3, -0.25) is 0 Å². The van der Waals surface area contributed by atoms with Gasteiger partial charge in [0, 0.05) is 25.0 Å². The van der Waals surface area contributed by atoms with E-state index >= 15 is 0 Å². The van der Waals surface area contributed by atoms with Gasteiger partial charge >= 0.3 is 0 Å². The number of nitrogens with zero attached hydrogens (tertiary/aromatic N) is 3. The summed E-state index contributed by atoms with van der Waals surface area (Å²) in [4.78, 5) is 10.7. The Kier molecular flexibility index (Phi) is 5.05. The van der Waals surface area contributed by atoms with Crippen LogP contribution >= 0.6 is 11.6 Å². The van der Waals surface area contributed by atoms with Crippen LogP contribution in [0.3, 0.4) is 0 Å². The summed E-state index contributed by atoms with van der Waals surface area (Å²) >= 11 is 5.89. The fourth-order valence-corrected chi connectivity index (χ4v) is 2.41. The number of rotatable bonds is 5. The van der Waals surface area contributed by atoms with Crippen molar-refractivity contribution in [2.45, 2.75) is 26.2 Å². The summed E-state index contributed by atoms with van der Waals surface area (Å²) in [7, 11) is 0. The SMILES string of the molecule is CCCOc1cc(N2CCC(CCl)CC2)ncn1. The number of anilines is 1. The molecule has 1 aliphatic heterocycles. The molecule has 1 aliphatic rings. The fraction of sp³-hybridized carbons (Fsp3) is 0.692. The third-order valence-corrected chi connectivity index (χ3v) is 3.67. The summed E-state index contributed by atoms with van der Waals surface area (Å²) in [6.07, 6.45) is 4.84. The lowest BCUT2D eigenvalue weighted by molar-refractivity contribution is 0.304. The van der Waals surface area contributed by atoms with E-state index in [1.807, 2.05) is 6.07 Å². The second-order valence-corrected chi connectivity index (χ2v) is 4.96. The molecule has 0 atom stereocenters. The van der Waals surface area contributed by atoms with Crippen molar-refractivity contribution in [3.8, 4) is 5.88 Å². The average molecular weight is 270 g/mol. The zero-order valence-electron chi connectivity index (χ0n) is 10.8. The number of hydrogen-bond donors (Lipinski definition) is 0. The molecule has 0 aliphatic carbocycles. The van der Waals surface area contributed by atoms with Crippen LogP contribution < -0.4 is 9.64 Å².